The van der Waals surface area contributed by atoms with Crippen LogP contribution in [-0.2, 0) is 6.42 Å². The maximum Gasteiger partial charge on any atom is 0.0471 e. The van der Waals surface area contributed by atoms with Crippen molar-refractivity contribution < 1.29 is 5.11 Å². The fraction of sp³-hybridized carbons (Fsp3) is 0.571. The first-order valence-corrected chi connectivity index (χ1v) is 6.13. The average Bonchev–Trinajstić information content (AvgIpc) is 2.31. The number of hydrogen-bond acceptors (Lipinski definition) is 2. The summed E-state index contributed by atoms with van der Waals surface area (Å²) in [7, 11) is 0. The number of anilines is 1. The highest BCUT2D eigenvalue weighted by molar-refractivity contribution is 5.45. The molecule has 2 heteroatoms. The molecule has 0 heterocycles. The second-order valence-electron chi connectivity index (χ2n) is 4.49. The van der Waals surface area contributed by atoms with Gasteiger partial charge < -0.3 is 10.4 Å². The van der Waals surface area contributed by atoms with Crippen molar-refractivity contribution in [2.24, 2.45) is 5.92 Å². The van der Waals surface area contributed by atoms with Crippen molar-refractivity contribution >= 4 is 5.69 Å². The first-order valence-electron chi connectivity index (χ1n) is 6.13. The molecule has 0 aromatic heterocycles. The molecule has 90 valence electrons. The van der Waals surface area contributed by atoms with E-state index in [0.29, 0.717) is 12.0 Å². The van der Waals surface area contributed by atoms with E-state index in [2.05, 4.69) is 50.4 Å². The summed E-state index contributed by atoms with van der Waals surface area (Å²) < 4.78 is 0. The highest BCUT2D eigenvalue weighted by Gasteiger charge is 2.09. The first kappa shape index (κ1) is 13.0. The summed E-state index contributed by atoms with van der Waals surface area (Å²) in [5, 5.41) is 12.3. The lowest BCUT2D eigenvalue weighted by atomic mass is 10.0. The van der Waals surface area contributed by atoms with Gasteiger partial charge in [-0.25, -0.2) is 0 Å². The Kier molecular flexibility index (Phi) is 5.33. The summed E-state index contributed by atoms with van der Waals surface area (Å²) in [6.07, 6.45) is 1.93. The van der Waals surface area contributed by atoms with Gasteiger partial charge in [0.15, 0.2) is 0 Å². The van der Waals surface area contributed by atoms with Crippen molar-refractivity contribution in [3.63, 3.8) is 0 Å². The Labute approximate surface area is 98.7 Å². The van der Waals surface area contributed by atoms with E-state index < -0.39 is 0 Å². The molecule has 0 radical (unpaired) electrons. The predicted molar refractivity (Wildman–Crippen MR) is 69.8 cm³/mol. The molecule has 0 amide bonds. The second kappa shape index (κ2) is 6.54. The van der Waals surface area contributed by atoms with E-state index in [1.165, 1.54) is 12.0 Å². The minimum Gasteiger partial charge on any atom is -0.396 e. The van der Waals surface area contributed by atoms with Gasteiger partial charge in [0.2, 0.25) is 0 Å². The summed E-state index contributed by atoms with van der Waals surface area (Å²) >= 11 is 0. The van der Waals surface area contributed by atoms with E-state index in [-0.39, 0.29) is 6.61 Å². The van der Waals surface area contributed by atoms with Crippen molar-refractivity contribution in [2.75, 3.05) is 11.9 Å². The van der Waals surface area contributed by atoms with Gasteiger partial charge in [0.05, 0.1) is 0 Å². The van der Waals surface area contributed by atoms with Crippen LogP contribution in [0.1, 0.15) is 32.8 Å². The third-order valence-corrected chi connectivity index (χ3v) is 3.25. The molecule has 0 aliphatic rings. The molecule has 16 heavy (non-hydrogen) atoms. The summed E-state index contributed by atoms with van der Waals surface area (Å²) in [4.78, 5) is 0. The van der Waals surface area contributed by atoms with E-state index >= 15 is 0 Å². The van der Waals surface area contributed by atoms with Crippen LogP contribution in [0, 0.1) is 5.92 Å². The molecular weight excluding hydrogens is 198 g/mol. The summed E-state index contributed by atoms with van der Waals surface area (Å²) in [5.41, 5.74) is 2.35. The molecule has 0 fully saturated rings. The van der Waals surface area contributed by atoms with Crippen LogP contribution in [0.15, 0.2) is 24.3 Å². The largest absolute Gasteiger partial charge is 0.396 e. The fourth-order valence-electron chi connectivity index (χ4n) is 1.66. The Balaban J connectivity index is 2.54. The van der Waals surface area contributed by atoms with Crippen LogP contribution in [0.2, 0.25) is 0 Å². The number of aliphatic hydroxyl groups is 1. The zero-order valence-electron chi connectivity index (χ0n) is 10.5. The van der Waals surface area contributed by atoms with Crippen LogP contribution >= 0.6 is 0 Å². The molecular formula is C14H23NO. The van der Waals surface area contributed by atoms with Gasteiger partial charge in [-0.3, -0.25) is 0 Å². The third kappa shape index (κ3) is 3.86. The molecule has 0 saturated carbocycles. The van der Waals surface area contributed by atoms with Gasteiger partial charge >= 0.3 is 0 Å². The monoisotopic (exact) mass is 221 g/mol. The predicted octanol–water partition coefficient (Wildman–Crippen LogP) is 3.07. The van der Waals surface area contributed by atoms with E-state index in [4.69, 9.17) is 5.11 Å². The normalized spacial score (nSPS) is 14.5. The molecule has 0 spiro atoms. The van der Waals surface area contributed by atoms with Crippen LogP contribution in [0.5, 0.6) is 0 Å². The number of aliphatic hydroxyl groups excluding tert-OH is 1. The molecule has 0 saturated heterocycles. The van der Waals surface area contributed by atoms with Crippen LogP contribution in [0.4, 0.5) is 5.69 Å². The summed E-state index contributed by atoms with van der Waals surface area (Å²) in [6, 6.07) is 8.81. The summed E-state index contributed by atoms with van der Waals surface area (Å²) in [5.74, 6) is 0.678. The fourth-order valence-corrected chi connectivity index (χ4v) is 1.66. The topological polar surface area (TPSA) is 32.3 Å². The van der Waals surface area contributed by atoms with Crippen LogP contribution < -0.4 is 5.32 Å². The first-order chi connectivity index (χ1) is 7.67. The Morgan fingerprint density at radius 3 is 2.31 bits per heavy atom. The van der Waals surface area contributed by atoms with Crippen molar-refractivity contribution in [3.8, 4) is 0 Å². The lowest BCUT2D eigenvalue weighted by Gasteiger charge is -2.21. The number of rotatable bonds is 6. The van der Waals surface area contributed by atoms with E-state index in [0.717, 1.165) is 12.1 Å². The van der Waals surface area contributed by atoms with Gasteiger partial charge in [0.25, 0.3) is 0 Å². The Hall–Kier alpha value is -1.02. The maximum absolute atomic E-state index is 8.82. The van der Waals surface area contributed by atoms with Gasteiger partial charge in [-0.2, -0.15) is 0 Å². The highest BCUT2D eigenvalue weighted by atomic mass is 16.2. The Bertz CT molecular complexity index is 294. The van der Waals surface area contributed by atoms with Gasteiger partial charge in [0.1, 0.15) is 0 Å². The maximum atomic E-state index is 8.82. The smallest absolute Gasteiger partial charge is 0.0471 e. The van der Waals surface area contributed by atoms with Gasteiger partial charge in [-0.1, -0.05) is 32.4 Å². The van der Waals surface area contributed by atoms with Crippen LogP contribution in [-0.4, -0.2) is 17.8 Å². The van der Waals surface area contributed by atoms with Crippen molar-refractivity contribution in [1.82, 2.24) is 0 Å². The molecule has 0 bridgehead atoms. The molecule has 2 atom stereocenters. The molecule has 2 N–H and O–H groups in total. The standard InChI is InChI=1S/C14H23NO/c1-4-11(2)12(3)15-14-7-5-13(6-8-14)9-10-16/h5-8,11-12,15-16H,4,9-10H2,1-3H3. The molecule has 1 aromatic carbocycles. The van der Waals surface area contributed by atoms with E-state index in [9.17, 15) is 0 Å². The lowest BCUT2D eigenvalue weighted by molar-refractivity contribution is 0.299. The van der Waals surface area contributed by atoms with Crippen molar-refractivity contribution in [3.05, 3.63) is 29.8 Å². The van der Waals surface area contributed by atoms with E-state index in [1.54, 1.807) is 0 Å². The average molecular weight is 221 g/mol. The Morgan fingerprint density at radius 2 is 1.81 bits per heavy atom. The van der Waals surface area contributed by atoms with E-state index in [1.807, 2.05) is 0 Å². The number of benzene rings is 1. The molecule has 0 aliphatic heterocycles. The molecule has 1 aromatic rings. The molecule has 0 aliphatic carbocycles. The molecule has 2 nitrogen and oxygen atoms in total. The van der Waals surface area contributed by atoms with Crippen LogP contribution in [0.3, 0.4) is 0 Å². The SMILES string of the molecule is CCC(C)C(C)Nc1ccc(CCO)cc1. The van der Waals surface area contributed by atoms with Gasteiger partial charge in [-0.05, 0) is 37.0 Å². The molecule has 1 rings (SSSR count). The number of nitrogens with one attached hydrogen (secondary N) is 1. The zero-order chi connectivity index (χ0) is 12.0. The second-order valence-corrected chi connectivity index (χ2v) is 4.49. The van der Waals surface area contributed by atoms with Crippen molar-refractivity contribution in [1.29, 1.82) is 0 Å². The van der Waals surface area contributed by atoms with Gasteiger partial charge in [0, 0.05) is 18.3 Å². The quantitative estimate of drug-likeness (QED) is 0.773. The van der Waals surface area contributed by atoms with Crippen molar-refractivity contribution in [2.45, 2.75) is 39.7 Å². The highest BCUT2D eigenvalue weighted by Crippen LogP contribution is 2.15. The third-order valence-electron chi connectivity index (χ3n) is 3.25. The Morgan fingerprint density at radius 1 is 1.19 bits per heavy atom. The van der Waals surface area contributed by atoms with Gasteiger partial charge in [-0.15, -0.1) is 0 Å². The molecule has 2 unspecified atom stereocenters. The lowest BCUT2D eigenvalue weighted by Crippen LogP contribution is -2.23. The number of hydrogen-bond donors (Lipinski definition) is 2. The zero-order valence-corrected chi connectivity index (χ0v) is 10.5. The minimum atomic E-state index is 0.218. The summed E-state index contributed by atoms with van der Waals surface area (Å²) in [6.45, 7) is 6.91. The van der Waals surface area contributed by atoms with Crippen LogP contribution in [0.25, 0.3) is 0 Å². The minimum absolute atomic E-state index is 0.218.